The molecule has 4 aromatic carbocycles. The van der Waals surface area contributed by atoms with Gasteiger partial charge < -0.3 is 16.0 Å². The van der Waals surface area contributed by atoms with Crippen molar-refractivity contribution < 1.29 is 14.4 Å². The van der Waals surface area contributed by atoms with Gasteiger partial charge in [-0.2, -0.15) is 0 Å². The van der Waals surface area contributed by atoms with Gasteiger partial charge in [-0.1, -0.05) is 72.3 Å². The molecular formula is C36H29ClN4O3S. The Labute approximate surface area is 270 Å². The molecule has 224 valence electrons. The Bertz CT molecular complexity index is 1820. The molecular weight excluding hydrogens is 604 g/mol. The zero-order valence-corrected chi connectivity index (χ0v) is 25.8. The van der Waals surface area contributed by atoms with E-state index in [1.165, 1.54) is 11.8 Å². The van der Waals surface area contributed by atoms with Crippen LogP contribution in [0.5, 0.6) is 0 Å². The zero-order valence-electron chi connectivity index (χ0n) is 24.2. The number of anilines is 2. The number of nitrogens with zero attached hydrogens (tertiary/aromatic N) is 1. The summed E-state index contributed by atoms with van der Waals surface area (Å²) in [5.74, 6) is -1.10. The van der Waals surface area contributed by atoms with Crippen LogP contribution in [0.15, 0.2) is 138 Å². The van der Waals surface area contributed by atoms with E-state index in [4.69, 9.17) is 11.6 Å². The fourth-order valence-corrected chi connectivity index (χ4v) is 5.56. The molecule has 1 atom stereocenters. The molecule has 1 unspecified atom stereocenters. The molecule has 5 rings (SSSR count). The van der Waals surface area contributed by atoms with E-state index in [0.29, 0.717) is 27.5 Å². The highest BCUT2D eigenvalue weighted by atomic mass is 35.5. The average Bonchev–Trinajstić information content (AvgIpc) is 3.07. The molecule has 3 N–H and O–H groups in total. The normalized spacial score (nSPS) is 11.7. The van der Waals surface area contributed by atoms with Crippen molar-refractivity contribution in [2.75, 3.05) is 10.6 Å². The van der Waals surface area contributed by atoms with Crippen molar-refractivity contribution in [2.45, 2.75) is 17.1 Å². The highest BCUT2D eigenvalue weighted by Crippen LogP contribution is 2.37. The lowest BCUT2D eigenvalue weighted by Crippen LogP contribution is -2.30. The number of halogens is 1. The molecule has 1 heterocycles. The molecule has 0 saturated carbocycles. The van der Waals surface area contributed by atoms with E-state index < -0.39 is 17.1 Å². The number of rotatable bonds is 10. The van der Waals surface area contributed by atoms with Crippen molar-refractivity contribution in [3.8, 4) is 0 Å². The molecule has 0 fully saturated rings. The summed E-state index contributed by atoms with van der Waals surface area (Å²) in [7, 11) is 0. The number of amides is 3. The Morgan fingerprint density at radius 1 is 0.800 bits per heavy atom. The Morgan fingerprint density at radius 3 is 2.20 bits per heavy atom. The molecule has 7 nitrogen and oxygen atoms in total. The second-order valence-electron chi connectivity index (χ2n) is 9.95. The molecule has 0 spiro atoms. The van der Waals surface area contributed by atoms with Gasteiger partial charge in [0.15, 0.2) is 0 Å². The summed E-state index contributed by atoms with van der Waals surface area (Å²) in [5.41, 5.74) is 3.95. The third-order valence-electron chi connectivity index (χ3n) is 6.76. The summed E-state index contributed by atoms with van der Waals surface area (Å²) in [6.45, 7) is 1.86. The third-order valence-corrected chi connectivity index (χ3v) is 8.43. The molecule has 0 radical (unpaired) electrons. The Hall–Kier alpha value is -5.18. The van der Waals surface area contributed by atoms with Crippen LogP contribution in [0.1, 0.15) is 32.3 Å². The van der Waals surface area contributed by atoms with Crippen LogP contribution >= 0.6 is 23.4 Å². The predicted molar refractivity (Wildman–Crippen MR) is 181 cm³/mol. The Morgan fingerprint density at radius 2 is 1.51 bits per heavy atom. The SMILES string of the molecule is Cc1c(Cl)cccc1NC(=O)C(Sc1ccc(NC(=O)/C(=C/c2cccnc2)NC(=O)c2ccccc2)cc1)c1ccccc1. The maximum absolute atomic E-state index is 13.5. The van der Waals surface area contributed by atoms with Gasteiger partial charge in [-0.3, -0.25) is 19.4 Å². The van der Waals surface area contributed by atoms with Crippen molar-refractivity contribution in [1.82, 2.24) is 10.3 Å². The molecule has 0 saturated heterocycles. The minimum absolute atomic E-state index is 0.0624. The molecule has 0 aliphatic rings. The third kappa shape index (κ3) is 8.47. The molecule has 0 aliphatic carbocycles. The number of pyridine rings is 1. The summed E-state index contributed by atoms with van der Waals surface area (Å²) in [5, 5.41) is 8.63. The van der Waals surface area contributed by atoms with Gasteiger partial charge in [-0.25, -0.2) is 0 Å². The lowest BCUT2D eigenvalue weighted by Gasteiger charge is -2.18. The van der Waals surface area contributed by atoms with Gasteiger partial charge in [-0.15, -0.1) is 11.8 Å². The number of carbonyl (C=O) groups is 3. The van der Waals surface area contributed by atoms with Crippen molar-refractivity contribution >= 4 is 58.5 Å². The van der Waals surface area contributed by atoms with Crippen LogP contribution in [-0.2, 0) is 9.59 Å². The zero-order chi connectivity index (χ0) is 31.6. The molecule has 0 bridgehead atoms. The van der Waals surface area contributed by atoms with Gasteiger partial charge >= 0.3 is 0 Å². The van der Waals surface area contributed by atoms with Crippen LogP contribution in [0.2, 0.25) is 5.02 Å². The molecule has 9 heteroatoms. The van der Waals surface area contributed by atoms with Crippen LogP contribution in [0.3, 0.4) is 0 Å². The number of benzene rings is 4. The molecule has 45 heavy (non-hydrogen) atoms. The minimum Gasteiger partial charge on any atom is -0.325 e. The average molecular weight is 633 g/mol. The summed E-state index contributed by atoms with van der Waals surface area (Å²) in [6.07, 6.45) is 4.79. The monoisotopic (exact) mass is 632 g/mol. The topological polar surface area (TPSA) is 100 Å². The molecule has 3 amide bonds. The van der Waals surface area contributed by atoms with Gasteiger partial charge in [0, 0.05) is 39.3 Å². The maximum Gasteiger partial charge on any atom is 0.272 e. The minimum atomic E-state index is -0.549. The fraction of sp³-hybridized carbons (Fsp3) is 0.0556. The van der Waals surface area contributed by atoms with Crippen molar-refractivity contribution in [3.05, 3.63) is 161 Å². The highest BCUT2D eigenvalue weighted by molar-refractivity contribution is 8.00. The number of thioether (sulfide) groups is 1. The smallest absolute Gasteiger partial charge is 0.272 e. The first-order chi connectivity index (χ1) is 21.9. The lowest BCUT2D eigenvalue weighted by molar-refractivity contribution is -0.116. The fourth-order valence-electron chi connectivity index (χ4n) is 4.36. The van der Waals surface area contributed by atoms with Crippen LogP contribution in [0, 0.1) is 6.92 Å². The number of carbonyl (C=O) groups excluding carboxylic acids is 3. The van der Waals surface area contributed by atoms with Crippen molar-refractivity contribution in [3.63, 3.8) is 0 Å². The molecule has 1 aromatic heterocycles. The van der Waals surface area contributed by atoms with Crippen molar-refractivity contribution in [2.24, 2.45) is 0 Å². The van der Waals surface area contributed by atoms with E-state index in [9.17, 15) is 14.4 Å². The summed E-state index contributed by atoms with van der Waals surface area (Å²) >= 11 is 7.66. The van der Waals surface area contributed by atoms with Crippen LogP contribution in [-0.4, -0.2) is 22.7 Å². The summed E-state index contributed by atoms with van der Waals surface area (Å²) in [4.78, 5) is 44.7. The number of hydrogen-bond donors (Lipinski definition) is 3. The number of hydrogen-bond acceptors (Lipinski definition) is 5. The molecule has 0 aliphatic heterocycles. The Balaban J connectivity index is 1.32. The Kier molecular flexibility index (Phi) is 10.4. The first kappa shape index (κ1) is 31.3. The van der Waals surface area contributed by atoms with E-state index in [1.807, 2.05) is 61.5 Å². The van der Waals surface area contributed by atoms with Gasteiger partial charge in [-0.05, 0) is 84.3 Å². The second-order valence-corrected chi connectivity index (χ2v) is 11.5. The van der Waals surface area contributed by atoms with Gasteiger partial charge in [0.25, 0.3) is 11.8 Å². The van der Waals surface area contributed by atoms with Crippen LogP contribution < -0.4 is 16.0 Å². The van der Waals surface area contributed by atoms with E-state index in [-0.39, 0.29) is 11.6 Å². The van der Waals surface area contributed by atoms with E-state index in [1.54, 1.807) is 79.1 Å². The first-order valence-electron chi connectivity index (χ1n) is 14.0. The second kappa shape index (κ2) is 15.0. The largest absolute Gasteiger partial charge is 0.325 e. The lowest BCUT2D eigenvalue weighted by atomic mass is 10.1. The van der Waals surface area contributed by atoms with Gasteiger partial charge in [0.1, 0.15) is 10.9 Å². The van der Waals surface area contributed by atoms with Crippen LogP contribution in [0.25, 0.3) is 6.08 Å². The number of nitrogens with one attached hydrogen (secondary N) is 3. The van der Waals surface area contributed by atoms with E-state index in [2.05, 4.69) is 20.9 Å². The van der Waals surface area contributed by atoms with Gasteiger partial charge in [0.2, 0.25) is 5.91 Å². The quantitative estimate of drug-likeness (QED) is 0.107. The van der Waals surface area contributed by atoms with Crippen LogP contribution in [0.4, 0.5) is 11.4 Å². The predicted octanol–water partition coefficient (Wildman–Crippen LogP) is 7.93. The first-order valence-corrected chi connectivity index (χ1v) is 15.3. The number of aromatic nitrogens is 1. The van der Waals surface area contributed by atoms with E-state index in [0.717, 1.165) is 16.0 Å². The summed E-state index contributed by atoms with van der Waals surface area (Å²) in [6, 6.07) is 34.3. The van der Waals surface area contributed by atoms with E-state index >= 15 is 0 Å². The highest BCUT2D eigenvalue weighted by Gasteiger charge is 2.23. The molecule has 5 aromatic rings. The standard InChI is InChI=1S/C36H29ClN4O3S/c1-24-30(37)15-8-16-31(24)40-36(44)33(26-11-4-2-5-12-26)45-29-19-17-28(18-20-29)39-35(43)32(22-25-10-9-21-38-23-25)41-34(42)27-13-6-3-7-14-27/h2-23,33H,1H3,(H,39,43)(H,40,44)(H,41,42)/b32-22-. The van der Waals surface area contributed by atoms with Gasteiger partial charge in [0.05, 0.1) is 0 Å². The maximum atomic E-state index is 13.5. The van der Waals surface area contributed by atoms with Crippen molar-refractivity contribution in [1.29, 1.82) is 0 Å². The summed E-state index contributed by atoms with van der Waals surface area (Å²) < 4.78 is 0.